The number of carbonyl (C=O) groups excluding carboxylic acids is 1. The Balaban J connectivity index is 0.00000190. The van der Waals surface area contributed by atoms with Gasteiger partial charge in [0.25, 0.3) is 0 Å². The first-order valence-corrected chi connectivity index (χ1v) is 10.5. The Labute approximate surface area is 174 Å². The van der Waals surface area contributed by atoms with Crippen molar-refractivity contribution < 1.29 is 4.79 Å². The Morgan fingerprint density at radius 1 is 1.32 bits per heavy atom. The molecule has 0 radical (unpaired) electrons. The third-order valence-electron chi connectivity index (χ3n) is 4.06. The van der Waals surface area contributed by atoms with Gasteiger partial charge in [-0.05, 0) is 45.3 Å². The lowest BCUT2D eigenvalue weighted by molar-refractivity contribution is -0.115. The van der Waals surface area contributed by atoms with E-state index in [2.05, 4.69) is 27.4 Å². The summed E-state index contributed by atoms with van der Waals surface area (Å²) >= 11 is 6.01. The predicted octanol–water partition coefficient (Wildman–Crippen LogP) is 6.49. The summed E-state index contributed by atoms with van der Waals surface area (Å²) in [6.07, 6.45) is 11.8. The fourth-order valence-electron chi connectivity index (χ4n) is 2.45. The van der Waals surface area contributed by atoms with E-state index in [1.807, 2.05) is 58.1 Å². The van der Waals surface area contributed by atoms with Gasteiger partial charge in [-0.1, -0.05) is 50.9 Å². The fraction of sp³-hybridized carbons (Fsp3) is 0.500. The number of nitrogens with zero attached hydrogens (tertiary/aromatic N) is 2. The van der Waals surface area contributed by atoms with Crippen LogP contribution in [0.15, 0.2) is 46.1 Å². The molecule has 0 unspecified atom stereocenters. The van der Waals surface area contributed by atoms with E-state index in [0.717, 1.165) is 29.9 Å². The molecule has 1 aromatic heterocycles. The van der Waals surface area contributed by atoms with Gasteiger partial charge in [-0.2, -0.15) is 5.10 Å². The number of rotatable bonds is 9. The van der Waals surface area contributed by atoms with Crippen molar-refractivity contribution in [2.45, 2.75) is 72.6 Å². The number of hydrogen-bond donors (Lipinski definition) is 2. The van der Waals surface area contributed by atoms with Gasteiger partial charge in [-0.3, -0.25) is 14.9 Å². The molecule has 1 heterocycles. The zero-order valence-electron chi connectivity index (χ0n) is 17.7. The lowest BCUT2D eigenvalue weighted by Gasteiger charge is -2.05. The Morgan fingerprint density at radius 3 is 2.61 bits per heavy atom. The second-order valence-electron chi connectivity index (χ2n) is 6.35. The topological polar surface area (TPSA) is 70.1 Å². The van der Waals surface area contributed by atoms with Crippen molar-refractivity contribution in [1.29, 1.82) is 0 Å². The van der Waals surface area contributed by atoms with Crippen molar-refractivity contribution in [2.24, 2.45) is 4.99 Å². The highest BCUT2D eigenvalue weighted by Crippen LogP contribution is 2.39. The molecule has 0 spiro atoms. The maximum atomic E-state index is 12.3. The van der Waals surface area contributed by atoms with Crippen molar-refractivity contribution in [2.75, 3.05) is 5.32 Å². The van der Waals surface area contributed by atoms with Crippen LogP contribution in [0.25, 0.3) is 0 Å². The van der Waals surface area contributed by atoms with E-state index in [9.17, 15) is 4.79 Å². The number of H-pyrrole nitrogens is 1. The van der Waals surface area contributed by atoms with Crippen LogP contribution in [0.3, 0.4) is 0 Å². The molecule has 5 nitrogen and oxygen atoms in total. The van der Waals surface area contributed by atoms with E-state index < -0.39 is 0 Å². The first-order chi connectivity index (χ1) is 13.5. The number of aromatic nitrogens is 2. The minimum atomic E-state index is -0.123. The van der Waals surface area contributed by atoms with Crippen LogP contribution in [0.4, 0.5) is 5.82 Å². The molecule has 0 aliphatic heterocycles. The third kappa shape index (κ3) is 8.70. The minimum Gasteiger partial charge on any atom is -0.309 e. The van der Waals surface area contributed by atoms with E-state index >= 15 is 0 Å². The molecule has 1 aromatic rings. The predicted molar refractivity (Wildman–Crippen MR) is 120 cm³/mol. The van der Waals surface area contributed by atoms with Crippen LogP contribution in [-0.4, -0.2) is 21.8 Å². The SMILES string of the molecule is CC.C\C=C(CC(=O)Nc1cc(C2CC2)[nH]n1)/N=C(\C=C/C(Cl)=C\C)CCC. The van der Waals surface area contributed by atoms with Gasteiger partial charge < -0.3 is 5.32 Å². The van der Waals surface area contributed by atoms with Crippen molar-refractivity contribution in [3.05, 3.63) is 46.8 Å². The number of amides is 1. The Kier molecular flexibility index (Phi) is 11.2. The van der Waals surface area contributed by atoms with Gasteiger partial charge in [0.05, 0.1) is 6.42 Å². The smallest absolute Gasteiger partial charge is 0.231 e. The molecule has 1 fully saturated rings. The van der Waals surface area contributed by atoms with Crippen LogP contribution in [0, 0.1) is 0 Å². The van der Waals surface area contributed by atoms with Gasteiger partial charge in [0.15, 0.2) is 5.82 Å². The van der Waals surface area contributed by atoms with Crippen molar-refractivity contribution in [3.63, 3.8) is 0 Å². The maximum absolute atomic E-state index is 12.3. The quantitative estimate of drug-likeness (QED) is 0.365. The molecule has 6 heteroatoms. The van der Waals surface area contributed by atoms with Crippen molar-refractivity contribution in [1.82, 2.24) is 10.2 Å². The number of aromatic amines is 1. The summed E-state index contributed by atoms with van der Waals surface area (Å²) < 4.78 is 0. The molecule has 154 valence electrons. The number of aliphatic imine (C=N–C) groups is 1. The second kappa shape index (κ2) is 13.1. The summed E-state index contributed by atoms with van der Waals surface area (Å²) in [5.74, 6) is 1.03. The second-order valence-corrected chi connectivity index (χ2v) is 6.78. The van der Waals surface area contributed by atoms with Gasteiger partial charge in [-0.15, -0.1) is 0 Å². The number of nitrogens with one attached hydrogen (secondary N) is 2. The Morgan fingerprint density at radius 2 is 2.04 bits per heavy atom. The number of carbonyl (C=O) groups is 1. The van der Waals surface area contributed by atoms with Crippen LogP contribution < -0.4 is 5.32 Å². The molecule has 0 bridgehead atoms. The summed E-state index contributed by atoms with van der Waals surface area (Å²) in [5.41, 5.74) is 2.73. The zero-order valence-corrected chi connectivity index (χ0v) is 18.4. The summed E-state index contributed by atoms with van der Waals surface area (Å²) in [6.45, 7) is 9.87. The molecule has 0 saturated heterocycles. The van der Waals surface area contributed by atoms with Crippen molar-refractivity contribution >= 4 is 29.0 Å². The number of allylic oxidation sites excluding steroid dienone is 5. The first kappa shape index (κ1) is 23.9. The van der Waals surface area contributed by atoms with Crippen LogP contribution in [0.2, 0.25) is 0 Å². The molecular formula is C22H33ClN4O. The van der Waals surface area contributed by atoms with Crippen LogP contribution in [0.5, 0.6) is 0 Å². The Hall–Kier alpha value is -2.14. The normalized spacial score (nSPS) is 15.4. The minimum absolute atomic E-state index is 0.123. The van der Waals surface area contributed by atoms with Gasteiger partial charge in [0.2, 0.25) is 5.91 Å². The average Bonchev–Trinajstić information content (AvgIpc) is 3.46. The molecule has 2 rings (SSSR count). The van der Waals surface area contributed by atoms with Gasteiger partial charge in [0, 0.05) is 34.1 Å². The van der Waals surface area contributed by atoms with Crippen LogP contribution in [-0.2, 0) is 4.79 Å². The lowest BCUT2D eigenvalue weighted by Crippen LogP contribution is -2.12. The highest BCUT2D eigenvalue weighted by molar-refractivity contribution is 6.31. The molecule has 1 aliphatic carbocycles. The lowest BCUT2D eigenvalue weighted by atomic mass is 10.2. The van der Waals surface area contributed by atoms with Crippen LogP contribution in [0.1, 0.15) is 78.3 Å². The van der Waals surface area contributed by atoms with E-state index in [0.29, 0.717) is 16.8 Å². The van der Waals surface area contributed by atoms with Gasteiger partial charge in [0.1, 0.15) is 0 Å². The summed E-state index contributed by atoms with van der Waals surface area (Å²) in [5, 5.41) is 10.6. The highest BCUT2D eigenvalue weighted by Gasteiger charge is 2.25. The monoisotopic (exact) mass is 404 g/mol. The van der Waals surface area contributed by atoms with Gasteiger partial charge in [-0.25, -0.2) is 0 Å². The molecule has 1 amide bonds. The largest absolute Gasteiger partial charge is 0.309 e. The summed E-state index contributed by atoms with van der Waals surface area (Å²) in [6, 6.07) is 1.92. The highest BCUT2D eigenvalue weighted by atomic mass is 35.5. The number of anilines is 1. The van der Waals surface area contributed by atoms with E-state index in [1.54, 1.807) is 0 Å². The summed E-state index contributed by atoms with van der Waals surface area (Å²) in [4.78, 5) is 16.9. The number of halogens is 1. The maximum Gasteiger partial charge on any atom is 0.231 e. The molecule has 28 heavy (non-hydrogen) atoms. The van der Waals surface area contributed by atoms with Crippen molar-refractivity contribution in [3.8, 4) is 0 Å². The molecule has 1 saturated carbocycles. The average molecular weight is 405 g/mol. The number of hydrogen-bond acceptors (Lipinski definition) is 3. The van der Waals surface area contributed by atoms with E-state index in [1.165, 1.54) is 12.8 Å². The molecule has 2 N–H and O–H groups in total. The fourth-order valence-corrected chi connectivity index (χ4v) is 2.51. The summed E-state index contributed by atoms with van der Waals surface area (Å²) in [7, 11) is 0. The third-order valence-corrected chi connectivity index (χ3v) is 4.41. The Bertz CT molecular complexity index is 739. The molecule has 0 aromatic carbocycles. The molecule has 1 aliphatic rings. The van der Waals surface area contributed by atoms with E-state index in [4.69, 9.17) is 11.6 Å². The molecule has 0 atom stereocenters. The van der Waals surface area contributed by atoms with Crippen LogP contribution >= 0.6 is 11.6 Å². The standard InChI is InChI=1S/C20H27ClN4O.C2H6/c1-4-7-17(11-10-15(21)5-2)22-16(6-3)12-20(26)23-19-13-18(24-25-19)14-8-9-14;1-2/h5-6,10-11,13-14H,4,7-9,12H2,1-3H3,(H2,23,24,25,26);1-2H3/b11-10-,15-5+,16-6-,22-17-;. The first-order valence-electron chi connectivity index (χ1n) is 10.1. The zero-order chi connectivity index (χ0) is 20.9. The van der Waals surface area contributed by atoms with E-state index in [-0.39, 0.29) is 12.3 Å². The molecular weight excluding hydrogens is 372 g/mol. The van der Waals surface area contributed by atoms with Gasteiger partial charge >= 0.3 is 0 Å².